The molecule has 2 aromatic carbocycles. The smallest absolute Gasteiger partial charge is 0.162 e. The van der Waals surface area contributed by atoms with E-state index in [0.717, 1.165) is 0 Å². The molecule has 0 aromatic heterocycles. The molecule has 0 saturated carbocycles. The molecule has 1 unspecified atom stereocenters. The molecular formula is C16H18FNO2. The fourth-order valence-electron chi connectivity index (χ4n) is 1.93. The zero-order chi connectivity index (χ0) is 14.4. The summed E-state index contributed by atoms with van der Waals surface area (Å²) in [6.45, 7) is 2.71. The number of halogens is 1. The maximum Gasteiger partial charge on any atom is 0.162 e. The first-order valence-electron chi connectivity index (χ1n) is 6.58. The maximum absolute atomic E-state index is 13.3. The van der Waals surface area contributed by atoms with Crippen LogP contribution in [0.4, 0.5) is 4.39 Å². The Balaban J connectivity index is 2.22. The first kappa shape index (κ1) is 14.3. The Labute approximate surface area is 118 Å². The largest absolute Gasteiger partial charge is 0.490 e. The van der Waals surface area contributed by atoms with Crippen LogP contribution in [0, 0.1) is 5.82 Å². The third-order valence-corrected chi connectivity index (χ3v) is 2.85. The summed E-state index contributed by atoms with van der Waals surface area (Å²) in [7, 11) is 0. The van der Waals surface area contributed by atoms with Gasteiger partial charge in [0.2, 0.25) is 0 Å². The molecule has 2 aromatic rings. The zero-order valence-corrected chi connectivity index (χ0v) is 11.4. The van der Waals surface area contributed by atoms with Crippen molar-refractivity contribution in [1.29, 1.82) is 0 Å². The van der Waals surface area contributed by atoms with Crippen LogP contribution in [0.2, 0.25) is 0 Å². The molecule has 4 heteroatoms. The summed E-state index contributed by atoms with van der Waals surface area (Å²) in [5, 5.41) is 0. The van der Waals surface area contributed by atoms with Gasteiger partial charge in [0.05, 0.1) is 6.61 Å². The van der Waals surface area contributed by atoms with Gasteiger partial charge in [-0.2, -0.15) is 0 Å². The first-order valence-corrected chi connectivity index (χ1v) is 6.58. The Morgan fingerprint density at radius 1 is 1.10 bits per heavy atom. The van der Waals surface area contributed by atoms with Crippen LogP contribution < -0.4 is 15.2 Å². The first-order chi connectivity index (χ1) is 9.74. The average molecular weight is 275 g/mol. The van der Waals surface area contributed by atoms with Crippen LogP contribution in [0.3, 0.4) is 0 Å². The molecule has 0 saturated heterocycles. The second kappa shape index (κ2) is 6.91. The predicted molar refractivity (Wildman–Crippen MR) is 76.4 cm³/mol. The van der Waals surface area contributed by atoms with Gasteiger partial charge in [-0.15, -0.1) is 0 Å². The maximum atomic E-state index is 13.3. The Kier molecular flexibility index (Phi) is 4.96. The van der Waals surface area contributed by atoms with Crippen molar-refractivity contribution in [1.82, 2.24) is 0 Å². The van der Waals surface area contributed by atoms with E-state index >= 15 is 0 Å². The predicted octanol–water partition coefficient (Wildman–Crippen LogP) is 3.30. The minimum absolute atomic E-state index is 0.254. The Hall–Kier alpha value is -2.07. The average Bonchev–Trinajstić information content (AvgIpc) is 2.46. The molecule has 0 fully saturated rings. The lowest BCUT2D eigenvalue weighted by molar-refractivity contribution is 0.200. The van der Waals surface area contributed by atoms with E-state index in [1.807, 2.05) is 31.2 Å². The summed E-state index contributed by atoms with van der Waals surface area (Å²) in [6, 6.07) is 13.6. The lowest BCUT2D eigenvalue weighted by Crippen LogP contribution is -2.19. The molecule has 2 rings (SSSR count). The number of hydrogen-bond acceptors (Lipinski definition) is 3. The lowest BCUT2D eigenvalue weighted by Gasteiger charge is -2.19. The van der Waals surface area contributed by atoms with E-state index in [-0.39, 0.29) is 12.4 Å². The van der Waals surface area contributed by atoms with Gasteiger partial charge in [0.25, 0.3) is 0 Å². The minimum Gasteiger partial charge on any atom is -0.490 e. The van der Waals surface area contributed by atoms with Crippen molar-refractivity contribution >= 4 is 0 Å². The molecule has 0 spiro atoms. The summed E-state index contributed by atoms with van der Waals surface area (Å²) in [5.41, 5.74) is 6.45. The molecular weight excluding hydrogens is 257 g/mol. The molecule has 20 heavy (non-hydrogen) atoms. The van der Waals surface area contributed by atoms with E-state index in [1.165, 1.54) is 12.1 Å². The van der Waals surface area contributed by atoms with Gasteiger partial charge in [0.1, 0.15) is 11.9 Å². The third kappa shape index (κ3) is 3.48. The topological polar surface area (TPSA) is 44.5 Å². The van der Waals surface area contributed by atoms with Crippen molar-refractivity contribution < 1.29 is 13.9 Å². The molecule has 0 aliphatic heterocycles. The van der Waals surface area contributed by atoms with E-state index in [2.05, 4.69) is 0 Å². The highest BCUT2D eigenvalue weighted by molar-refractivity contribution is 5.40. The molecule has 0 aliphatic carbocycles. The summed E-state index contributed by atoms with van der Waals surface area (Å²) in [6.07, 6.45) is -0.410. The zero-order valence-electron chi connectivity index (χ0n) is 11.4. The standard InChI is InChI=1S/C16H18FNO2/c1-2-19-14-8-3-4-9-15(14)20-16(11-18)12-6-5-7-13(17)10-12/h3-10,16H,2,11,18H2,1H3. The number of nitrogens with two attached hydrogens (primary N) is 1. The van der Waals surface area contributed by atoms with Crippen LogP contribution in [0.15, 0.2) is 48.5 Å². The minimum atomic E-state index is -0.410. The van der Waals surface area contributed by atoms with Gasteiger partial charge in [-0.3, -0.25) is 0 Å². The number of rotatable bonds is 6. The van der Waals surface area contributed by atoms with Crippen molar-refractivity contribution in [3.05, 3.63) is 59.9 Å². The number of hydrogen-bond donors (Lipinski definition) is 1. The summed E-state index contributed by atoms with van der Waals surface area (Å²) in [5.74, 6) is 0.960. The highest BCUT2D eigenvalue weighted by Crippen LogP contribution is 2.30. The van der Waals surface area contributed by atoms with Gasteiger partial charge >= 0.3 is 0 Å². The van der Waals surface area contributed by atoms with Gasteiger partial charge in [0.15, 0.2) is 11.5 Å². The third-order valence-electron chi connectivity index (χ3n) is 2.85. The van der Waals surface area contributed by atoms with Gasteiger partial charge in [0, 0.05) is 6.54 Å². The summed E-state index contributed by atoms with van der Waals surface area (Å²) >= 11 is 0. The Bertz CT molecular complexity index is 560. The Morgan fingerprint density at radius 2 is 1.85 bits per heavy atom. The normalized spacial score (nSPS) is 11.9. The quantitative estimate of drug-likeness (QED) is 0.879. The van der Waals surface area contributed by atoms with Crippen molar-refractivity contribution in [2.24, 2.45) is 5.73 Å². The van der Waals surface area contributed by atoms with Gasteiger partial charge in [-0.1, -0.05) is 24.3 Å². The van der Waals surface area contributed by atoms with Crippen molar-refractivity contribution in [2.75, 3.05) is 13.2 Å². The summed E-state index contributed by atoms with van der Waals surface area (Å²) < 4.78 is 24.7. The SMILES string of the molecule is CCOc1ccccc1OC(CN)c1cccc(F)c1. The molecule has 2 N–H and O–H groups in total. The highest BCUT2D eigenvalue weighted by Gasteiger charge is 2.14. The molecule has 0 aliphatic rings. The number of ether oxygens (including phenoxy) is 2. The second-order valence-electron chi connectivity index (χ2n) is 4.28. The molecule has 3 nitrogen and oxygen atoms in total. The number of para-hydroxylation sites is 2. The molecule has 1 atom stereocenters. The van der Waals surface area contributed by atoms with Crippen molar-refractivity contribution in [2.45, 2.75) is 13.0 Å². The van der Waals surface area contributed by atoms with E-state index in [4.69, 9.17) is 15.2 Å². The lowest BCUT2D eigenvalue weighted by atomic mass is 10.1. The second-order valence-corrected chi connectivity index (χ2v) is 4.28. The van der Waals surface area contributed by atoms with E-state index in [0.29, 0.717) is 23.7 Å². The van der Waals surface area contributed by atoms with Crippen LogP contribution in [0.25, 0.3) is 0 Å². The van der Waals surface area contributed by atoms with Crippen LogP contribution in [-0.4, -0.2) is 13.2 Å². The van der Waals surface area contributed by atoms with Gasteiger partial charge in [-0.25, -0.2) is 4.39 Å². The monoisotopic (exact) mass is 275 g/mol. The molecule has 0 amide bonds. The van der Waals surface area contributed by atoms with Gasteiger partial charge in [-0.05, 0) is 36.8 Å². The van der Waals surface area contributed by atoms with E-state index in [9.17, 15) is 4.39 Å². The number of benzene rings is 2. The fraction of sp³-hybridized carbons (Fsp3) is 0.250. The van der Waals surface area contributed by atoms with Crippen LogP contribution >= 0.6 is 0 Å². The van der Waals surface area contributed by atoms with Crippen molar-refractivity contribution in [3.63, 3.8) is 0 Å². The molecule has 0 heterocycles. The molecule has 0 bridgehead atoms. The Morgan fingerprint density at radius 3 is 2.50 bits per heavy atom. The van der Waals surface area contributed by atoms with Crippen LogP contribution in [0.1, 0.15) is 18.6 Å². The molecule has 106 valence electrons. The molecule has 0 radical (unpaired) electrons. The van der Waals surface area contributed by atoms with Crippen LogP contribution in [0.5, 0.6) is 11.5 Å². The van der Waals surface area contributed by atoms with Crippen molar-refractivity contribution in [3.8, 4) is 11.5 Å². The highest BCUT2D eigenvalue weighted by atomic mass is 19.1. The summed E-state index contributed by atoms with van der Waals surface area (Å²) in [4.78, 5) is 0. The van der Waals surface area contributed by atoms with E-state index in [1.54, 1.807) is 12.1 Å². The van der Waals surface area contributed by atoms with Crippen LogP contribution in [-0.2, 0) is 0 Å². The fourth-order valence-corrected chi connectivity index (χ4v) is 1.93. The van der Waals surface area contributed by atoms with Gasteiger partial charge < -0.3 is 15.2 Å². The van der Waals surface area contributed by atoms with E-state index < -0.39 is 6.10 Å².